The van der Waals surface area contributed by atoms with Gasteiger partial charge in [-0.15, -0.1) is 0 Å². The minimum Gasteiger partial charge on any atom is -0.415 e. The van der Waals surface area contributed by atoms with E-state index in [-0.39, 0.29) is 17.6 Å². The Morgan fingerprint density at radius 3 is 1.95 bits per heavy atom. The molecule has 0 spiro atoms. The zero-order valence-electron chi connectivity index (χ0n) is 14.2. The predicted molar refractivity (Wildman–Crippen MR) is 82.4 cm³/mol. The summed E-state index contributed by atoms with van der Waals surface area (Å²) in [5.74, 6) is -0.190. The summed E-state index contributed by atoms with van der Waals surface area (Å²) in [6, 6.07) is -1.36. The van der Waals surface area contributed by atoms with Crippen molar-refractivity contribution in [3.05, 3.63) is 0 Å². The number of nitrogens with zero attached hydrogens (tertiary/aromatic N) is 1. The van der Waals surface area contributed by atoms with Gasteiger partial charge < -0.3 is 4.43 Å². The van der Waals surface area contributed by atoms with Gasteiger partial charge in [-0.3, -0.25) is 0 Å². The lowest BCUT2D eigenvalue weighted by Gasteiger charge is -2.36. The first-order chi connectivity index (χ1) is 9.54. The van der Waals surface area contributed by atoms with Gasteiger partial charge in [-0.05, 0) is 24.1 Å². The Balaban J connectivity index is 2.88. The molecule has 3 atom stereocenters. The van der Waals surface area contributed by atoms with Crippen LogP contribution in [0.3, 0.4) is 0 Å². The van der Waals surface area contributed by atoms with Crippen molar-refractivity contribution in [3.8, 4) is 0 Å². The molecule has 0 aliphatic carbocycles. The van der Waals surface area contributed by atoms with E-state index >= 15 is 0 Å². The lowest BCUT2D eigenvalue weighted by atomic mass is 10.1. The fourth-order valence-corrected chi connectivity index (χ4v) is 4.61. The molecule has 22 heavy (non-hydrogen) atoms. The lowest BCUT2D eigenvalue weighted by Crippen LogP contribution is -2.42. The smallest absolute Gasteiger partial charge is 0.415 e. The number of alkyl halides is 3. The van der Waals surface area contributed by atoms with E-state index in [1.165, 1.54) is 0 Å². The van der Waals surface area contributed by atoms with E-state index in [0.29, 0.717) is 4.31 Å². The lowest BCUT2D eigenvalue weighted by molar-refractivity contribution is -0.0470. The van der Waals surface area contributed by atoms with E-state index in [9.17, 15) is 21.6 Å². The van der Waals surface area contributed by atoms with E-state index in [1.807, 2.05) is 33.9 Å². The second-order valence-electron chi connectivity index (χ2n) is 7.65. The maximum absolute atomic E-state index is 12.7. The van der Waals surface area contributed by atoms with Crippen molar-refractivity contribution >= 4 is 18.3 Å². The molecule has 1 heterocycles. The Kier molecular flexibility index (Phi) is 5.21. The average Bonchev–Trinajstić information content (AvgIpc) is 2.98. The van der Waals surface area contributed by atoms with Gasteiger partial charge in [0.2, 0.25) is 0 Å². The van der Waals surface area contributed by atoms with E-state index in [4.69, 9.17) is 4.43 Å². The molecule has 9 heteroatoms. The van der Waals surface area contributed by atoms with Crippen molar-refractivity contribution in [3.63, 3.8) is 0 Å². The van der Waals surface area contributed by atoms with Gasteiger partial charge in [0.1, 0.15) is 0 Å². The quantitative estimate of drug-likeness (QED) is 0.555. The Labute approximate surface area is 132 Å². The van der Waals surface area contributed by atoms with Crippen LogP contribution in [0.1, 0.15) is 34.6 Å². The second-order valence-corrected chi connectivity index (χ2v) is 14.3. The van der Waals surface area contributed by atoms with Crippen LogP contribution >= 0.6 is 0 Å². The van der Waals surface area contributed by atoms with Crippen molar-refractivity contribution in [2.45, 2.75) is 70.3 Å². The third-order valence-corrected chi connectivity index (χ3v) is 10.8. The largest absolute Gasteiger partial charge is 0.511 e. The van der Waals surface area contributed by atoms with Crippen molar-refractivity contribution in [1.82, 2.24) is 4.31 Å². The Hall–Kier alpha value is -0.123. The number of hydrogen-bond acceptors (Lipinski definition) is 3. The van der Waals surface area contributed by atoms with Gasteiger partial charge >= 0.3 is 15.5 Å². The first-order valence-electron chi connectivity index (χ1n) is 7.28. The molecule has 1 aliphatic rings. The highest BCUT2D eigenvalue weighted by Gasteiger charge is 2.65. The summed E-state index contributed by atoms with van der Waals surface area (Å²) in [6.45, 7) is 13.5. The second kappa shape index (κ2) is 5.75. The summed E-state index contributed by atoms with van der Waals surface area (Å²) in [4.78, 5) is 0. The highest BCUT2D eigenvalue weighted by Crippen LogP contribution is 2.45. The monoisotopic (exact) mass is 361 g/mol. The summed E-state index contributed by atoms with van der Waals surface area (Å²) >= 11 is 0. The molecule has 1 saturated heterocycles. The van der Waals surface area contributed by atoms with E-state index in [1.54, 1.807) is 13.8 Å². The van der Waals surface area contributed by atoms with Crippen LogP contribution in [0.25, 0.3) is 0 Å². The third-order valence-electron chi connectivity index (χ3n) is 4.60. The van der Waals surface area contributed by atoms with Gasteiger partial charge in [0.05, 0.1) is 12.6 Å². The summed E-state index contributed by atoms with van der Waals surface area (Å²) in [6.07, 6.45) is 0. The summed E-state index contributed by atoms with van der Waals surface area (Å²) in [5, 5.41) is -0.0804. The standard InChI is InChI=1S/C13H26F3NO3SSi/c1-9(2)11-10(8-20-22(6,7)12(3,4)5)17(11)21(18,19)13(14,15)16/h9-11H,8H2,1-7H3/t10-,11-,17?/m0/s1. The molecule has 1 unspecified atom stereocenters. The molecule has 0 N–H and O–H groups in total. The van der Waals surface area contributed by atoms with Crippen LogP contribution in [-0.4, -0.2) is 45.2 Å². The number of rotatable bonds is 5. The van der Waals surface area contributed by atoms with Gasteiger partial charge in [0.15, 0.2) is 8.32 Å². The highest BCUT2D eigenvalue weighted by molar-refractivity contribution is 7.90. The molecule has 1 rings (SSSR count). The third kappa shape index (κ3) is 3.68. The Morgan fingerprint density at radius 2 is 1.64 bits per heavy atom. The van der Waals surface area contributed by atoms with Crippen molar-refractivity contribution in [2.75, 3.05) is 6.61 Å². The normalized spacial score (nSPS) is 27.3. The zero-order valence-corrected chi connectivity index (χ0v) is 16.0. The highest BCUT2D eigenvalue weighted by atomic mass is 32.2. The summed E-state index contributed by atoms with van der Waals surface area (Å²) in [5.41, 5.74) is -5.26. The zero-order chi connectivity index (χ0) is 17.7. The maximum Gasteiger partial charge on any atom is 0.511 e. The van der Waals surface area contributed by atoms with Gasteiger partial charge in [0, 0.05) is 6.04 Å². The average molecular weight is 362 g/mol. The maximum atomic E-state index is 12.7. The van der Waals surface area contributed by atoms with Crippen molar-refractivity contribution in [1.29, 1.82) is 0 Å². The molecule has 0 aromatic heterocycles. The SMILES string of the molecule is CC(C)[C@H]1[C@H](CO[Si](C)(C)C(C)(C)C)N1S(=O)(=O)C(F)(F)F. The molecule has 0 amide bonds. The van der Waals surface area contributed by atoms with E-state index < -0.39 is 35.9 Å². The topological polar surface area (TPSA) is 46.4 Å². The van der Waals surface area contributed by atoms with Crippen LogP contribution in [-0.2, 0) is 14.4 Å². The van der Waals surface area contributed by atoms with Crippen LogP contribution in [0, 0.1) is 5.92 Å². The Bertz CT molecular complexity index is 512. The van der Waals surface area contributed by atoms with Crippen LogP contribution < -0.4 is 0 Å². The van der Waals surface area contributed by atoms with Crippen LogP contribution in [0.2, 0.25) is 18.1 Å². The minimum absolute atomic E-state index is 0.0225. The Morgan fingerprint density at radius 1 is 1.18 bits per heavy atom. The molecule has 1 aliphatic heterocycles. The van der Waals surface area contributed by atoms with Crippen LogP contribution in [0.4, 0.5) is 13.2 Å². The van der Waals surface area contributed by atoms with E-state index in [0.717, 1.165) is 0 Å². The van der Waals surface area contributed by atoms with Crippen LogP contribution in [0.5, 0.6) is 0 Å². The molecule has 0 aromatic carbocycles. The fraction of sp³-hybridized carbons (Fsp3) is 1.00. The van der Waals surface area contributed by atoms with Crippen molar-refractivity contribution in [2.24, 2.45) is 5.92 Å². The fourth-order valence-electron chi connectivity index (χ4n) is 2.16. The van der Waals surface area contributed by atoms with Crippen LogP contribution in [0.15, 0.2) is 0 Å². The molecule has 0 bridgehead atoms. The molecule has 132 valence electrons. The van der Waals surface area contributed by atoms with Gasteiger partial charge in [-0.25, -0.2) is 8.42 Å². The first kappa shape index (κ1) is 19.9. The van der Waals surface area contributed by atoms with Crippen molar-refractivity contribution < 1.29 is 26.0 Å². The number of sulfonamides is 1. The number of halogens is 3. The number of hydrogen-bond donors (Lipinski definition) is 0. The van der Waals surface area contributed by atoms with Gasteiger partial charge in [0.25, 0.3) is 0 Å². The molecule has 0 aromatic rings. The molecular formula is C13H26F3NO3SSi. The van der Waals surface area contributed by atoms with E-state index in [2.05, 4.69) is 0 Å². The minimum atomic E-state index is -5.28. The molecule has 4 nitrogen and oxygen atoms in total. The van der Waals surface area contributed by atoms with Gasteiger partial charge in [-0.1, -0.05) is 34.6 Å². The predicted octanol–water partition coefficient (Wildman–Crippen LogP) is 3.57. The summed E-state index contributed by atoms with van der Waals surface area (Å²) in [7, 11) is -7.41. The first-order valence-corrected chi connectivity index (χ1v) is 11.6. The molecule has 1 fully saturated rings. The molecule has 0 saturated carbocycles. The van der Waals surface area contributed by atoms with Gasteiger partial charge in [-0.2, -0.15) is 17.5 Å². The molecule has 0 radical (unpaired) electrons. The molecular weight excluding hydrogens is 335 g/mol. The summed E-state index contributed by atoms with van der Waals surface area (Å²) < 4.78 is 67.9.